The molecule has 1 aromatic carbocycles. The number of benzene rings is 1. The minimum absolute atomic E-state index is 0.120. The van der Waals surface area contributed by atoms with Crippen molar-refractivity contribution in [2.45, 2.75) is 44.0 Å². The van der Waals surface area contributed by atoms with Gasteiger partial charge in [0.25, 0.3) is 10.0 Å². The molecule has 3 aromatic heterocycles. The summed E-state index contributed by atoms with van der Waals surface area (Å²) in [4.78, 5) is 12.4. The fourth-order valence-corrected chi connectivity index (χ4v) is 5.82. The van der Waals surface area contributed by atoms with Crippen molar-refractivity contribution in [1.29, 1.82) is 0 Å². The van der Waals surface area contributed by atoms with Gasteiger partial charge in [0.05, 0.1) is 22.7 Å². The first-order chi connectivity index (χ1) is 16.6. The number of pyridine rings is 1. The molecule has 2 N–H and O–H groups in total. The average molecular weight is 520 g/mol. The number of aromatic nitrogens is 6. The highest BCUT2D eigenvalue weighted by atomic mass is 35.5. The van der Waals surface area contributed by atoms with E-state index < -0.39 is 27.6 Å². The van der Waals surface area contributed by atoms with E-state index >= 15 is 4.39 Å². The summed E-state index contributed by atoms with van der Waals surface area (Å²) in [5.41, 5.74) is 1.17. The van der Waals surface area contributed by atoms with Crippen LogP contribution in [0.1, 0.15) is 35.1 Å². The first kappa shape index (κ1) is 23.4. The third-order valence-electron chi connectivity index (χ3n) is 5.98. The molecule has 0 bridgehead atoms. The second-order valence-electron chi connectivity index (χ2n) is 8.34. The summed E-state index contributed by atoms with van der Waals surface area (Å²) >= 11 is 5.89. The van der Waals surface area contributed by atoms with Gasteiger partial charge in [-0.15, -0.1) is 0 Å². The predicted molar refractivity (Wildman–Crippen MR) is 125 cm³/mol. The van der Waals surface area contributed by atoms with Crippen LogP contribution >= 0.6 is 11.6 Å². The molecule has 35 heavy (non-hydrogen) atoms. The number of hydrogen-bond donors (Lipinski definition) is 2. The zero-order valence-corrected chi connectivity index (χ0v) is 20.3. The number of nitrogens with zero attached hydrogens (tertiary/aromatic N) is 5. The van der Waals surface area contributed by atoms with Crippen LogP contribution in [-0.4, -0.2) is 38.1 Å². The summed E-state index contributed by atoms with van der Waals surface area (Å²) in [6.45, 7) is 3.55. The minimum Gasteiger partial charge on any atom is -0.333 e. The molecule has 182 valence electrons. The molecule has 1 atom stereocenters. The van der Waals surface area contributed by atoms with Crippen molar-refractivity contribution in [2.75, 3.05) is 4.72 Å². The third-order valence-corrected chi connectivity index (χ3v) is 7.67. The van der Waals surface area contributed by atoms with Crippen molar-refractivity contribution in [2.24, 2.45) is 0 Å². The lowest BCUT2D eigenvalue weighted by Crippen LogP contribution is -2.22. The van der Waals surface area contributed by atoms with Gasteiger partial charge in [-0.2, -0.15) is 5.10 Å². The fourth-order valence-electron chi connectivity index (χ4n) is 4.32. The smallest absolute Gasteiger partial charge is 0.263 e. The van der Waals surface area contributed by atoms with Gasteiger partial charge in [0.2, 0.25) is 5.82 Å². The number of nitrogens with one attached hydrogen (secondary N) is 2. The van der Waals surface area contributed by atoms with Crippen molar-refractivity contribution in [1.82, 2.24) is 29.7 Å². The summed E-state index contributed by atoms with van der Waals surface area (Å²) < 4.78 is 60.2. The molecule has 13 heteroatoms. The van der Waals surface area contributed by atoms with Crippen LogP contribution in [0.25, 0.3) is 11.5 Å². The van der Waals surface area contributed by atoms with E-state index in [1.807, 2.05) is 4.57 Å². The molecule has 0 saturated heterocycles. The molecule has 0 amide bonds. The number of aromatic amines is 1. The molecule has 5 rings (SSSR count). The van der Waals surface area contributed by atoms with E-state index in [4.69, 9.17) is 11.6 Å². The van der Waals surface area contributed by atoms with Crippen molar-refractivity contribution >= 4 is 27.3 Å². The molecule has 4 aromatic rings. The molecular weight excluding hydrogens is 500 g/mol. The zero-order chi connectivity index (χ0) is 24.9. The van der Waals surface area contributed by atoms with Gasteiger partial charge in [-0.25, -0.2) is 27.2 Å². The molecule has 1 aliphatic heterocycles. The number of H-pyrrole nitrogens is 1. The van der Waals surface area contributed by atoms with E-state index in [1.165, 1.54) is 19.2 Å². The molecule has 0 fully saturated rings. The van der Waals surface area contributed by atoms with Gasteiger partial charge in [0, 0.05) is 29.9 Å². The van der Waals surface area contributed by atoms with Crippen LogP contribution in [0.3, 0.4) is 0 Å². The molecule has 0 radical (unpaired) electrons. The molecule has 1 aliphatic rings. The van der Waals surface area contributed by atoms with Gasteiger partial charge in [-0.05, 0) is 44.9 Å². The number of hydrogen-bond acceptors (Lipinski definition) is 6. The van der Waals surface area contributed by atoms with Gasteiger partial charge >= 0.3 is 0 Å². The van der Waals surface area contributed by atoms with E-state index in [9.17, 15) is 12.8 Å². The summed E-state index contributed by atoms with van der Waals surface area (Å²) in [5, 5.41) is 7.04. The number of imidazole rings is 1. The molecule has 9 nitrogen and oxygen atoms in total. The maximum atomic E-state index is 15.5. The Hall–Kier alpha value is -3.38. The molecule has 0 unspecified atom stereocenters. The van der Waals surface area contributed by atoms with E-state index in [1.54, 1.807) is 13.3 Å². The highest BCUT2D eigenvalue weighted by Crippen LogP contribution is 2.37. The monoisotopic (exact) mass is 519 g/mol. The predicted octanol–water partition coefficient (Wildman–Crippen LogP) is 4.14. The Balaban J connectivity index is 1.45. The Kier molecular flexibility index (Phi) is 5.80. The van der Waals surface area contributed by atoms with E-state index in [0.717, 1.165) is 17.8 Å². The van der Waals surface area contributed by atoms with Crippen molar-refractivity contribution < 1.29 is 17.2 Å². The van der Waals surface area contributed by atoms with Crippen molar-refractivity contribution in [3.05, 3.63) is 70.2 Å². The number of sulfonamides is 1. The lowest BCUT2D eigenvalue weighted by molar-refractivity contribution is 0.427. The standard InChI is InChI=1S/C22H20ClF2N7O2S/c1-11-18(7-14(23)8-26-11)35(33,34)31-16-5-4-15(24)19(20(16)25)13-3-6-17-21(27-10-32(17)9-13)22-28-12(2)29-30-22/h4-5,7-8,10,13,31H,3,6,9H2,1-2H3,(H,28,29,30)/t13-/m0/s1. The zero-order valence-electron chi connectivity index (χ0n) is 18.7. The number of aryl methyl sites for hydroxylation is 2. The van der Waals surface area contributed by atoms with Crippen LogP contribution in [-0.2, 0) is 23.0 Å². The second kappa shape index (κ2) is 8.68. The summed E-state index contributed by atoms with van der Waals surface area (Å²) in [5.74, 6) is -1.11. The summed E-state index contributed by atoms with van der Waals surface area (Å²) in [7, 11) is -4.21. The third kappa shape index (κ3) is 4.27. The van der Waals surface area contributed by atoms with Gasteiger partial charge < -0.3 is 4.57 Å². The van der Waals surface area contributed by atoms with Gasteiger partial charge in [-0.1, -0.05) is 11.6 Å². The largest absolute Gasteiger partial charge is 0.333 e. The Morgan fingerprint density at radius 3 is 2.77 bits per heavy atom. The van der Waals surface area contributed by atoms with Crippen LogP contribution in [0.5, 0.6) is 0 Å². The first-order valence-electron chi connectivity index (χ1n) is 10.7. The highest BCUT2D eigenvalue weighted by Gasteiger charge is 2.30. The Morgan fingerprint density at radius 2 is 2.03 bits per heavy atom. The van der Waals surface area contributed by atoms with Crippen LogP contribution in [0.4, 0.5) is 14.5 Å². The number of fused-ring (bicyclic) bond motifs is 1. The summed E-state index contributed by atoms with van der Waals surface area (Å²) in [6, 6.07) is 3.35. The molecular formula is C22H20ClF2N7O2S. The fraction of sp³-hybridized carbons (Fsp3) is 0.273. The van der Waals surface area contributed by atoms with Crippen molar-refractivity contribution in [3.8, 4) is 11.5 Å². The molecule has 0 spiro atoms. The SMILES string of the molecule is Cc1nc(-c2ncn3c2CC[C@H](c2c(F)ccc(NS(=O)(=O)c4cc(Cl)cnc4C)c2F)C3)n[nH]1. The van der Waals surface area contributed by atoms with Crippen LogP contribution < -0.4 is 4.72 Å². The normalized spacial score (nSPS) is 15.7. The Labute approximate surface area is 204 Å². The number of rotatable bonds is 5. The van der Waals surface area contributed by atoms with E-state index in [-0.39, 0.29) is 33.4 Å². The van der Waals surface area contributed by atoms with E-state index in [0.29, 0.717) is 30.2 Å². The maximum Gasteiger partial charge on any atom is 0.263 e. The average Bonchev–Trinajstić information content (AvgIpc) is 3.43. The minimum atomic E-state index is -4.21. The number of anilines is 1. The number of halogens is 3. The Bertz CT molecular complexity index is 1550. The lowest BCUT2D eigenvalue weighted by atomic mass is 9.89. The molecule has 0 saturated carbocycles. The highest BCUT2D eigenvalue weighted by molar-refractivity contribution is 7.92. The maximum absolute atomic E-state index is 15.5. The first-order valence-corrected chi connectivity index (χ1v) is 12.6. The van der Waals surface area contributed by atoms with Crippen LogP contribution in [0.15, 0.2) is 35.6 Å². The lowest BCUT2D eigenvalue weighted by Gasteiger charge is -2.26. The van der Waals surface area contributed by atoms with Gasteiger partial charge in [0.1, 0.15) is 22.2 Å². The van der Waals surface area contributed by atoms with E-state index in [2.05, 4.69) is 29.9 Å². The quantitative estimate of drug-likeness (QED) is 0.409. The molecule has 4 heterocycles. The van der Waals surface area contributed by atoms with Gasteiger partial charge in [-0.3, -0.25) is 14.8 Å². The van der Waals surface area contributed by atoms with Crippen LogP contribution in [0, 0.1) is 25.5 Å². The summed E-state index contributed by atoms with van der Waals surface area (Å²) in [6.07, 6.45) is 3.84. The second-order valence-corrected chi connectivity index (χ2v) is 10.4. The van der Waals surface area contributed by atoms with Gasteiger partial charge in [0.15, 0.2) is 5.82 Å². The van der Waals surface area contributed by atoms with Crippen molar-refractivity contribution in [3.63, 3.8) is 0 Å². The van der Waals surface area contributed by atoms with Crippen LogP contribution in [0.2, 0.25) is 5.02 Å². The topological polar surface area (TPSA) is 118 Å². The molecule has 0 aliphatic carbocycles. The Morgan fingerprint density at radius 1 is 1.23 bits per heavy atom.